The Balaban J connectivity index is 2.53. The van der Waals surface area contributed by atoms with Crippen molar-refractivity contribution >= 4 is 6.08 Å². The summed E-state index contributed by atoms with van der Waals surface area (Å²) < 4.78 is 0. The molecule has 0 unspecified atom stereocenters. The molecule has 59 valence electrons. The van der Waals surface area contributed by atoms with Crippen LogP contribution in [0, 0.1) is 13.3 Å². The highest BCUT2D eigenvalue weighted by molar-refractivity contribution is 5.61. The van der Waals surface area contributed by atoms with Gasteiger partial charge in [-0.3, -0.25) is 0 Å². The second kappa shape index (κ2) is 2.98. The lowest BCUT2D eigenvalue weighted by atomic mass is 10.0. The Morgan fingerprint density at radius 3 is 2.75 bits per heavy atom. The zero-order valence-corrected chi connectivity index (χ0v) is 7.12. The summed E-state index contributed by atoms with van der Waals surface area (Å²) >= 11 is 0. The van der Waals surface area contributed by atoms with E-state index in [1.807, 2.05) is 0 Å². The van der Waals surface area contributed by atoms with Crippen LogP contribution in [0.4, 0.5) is 0 Å². The maximum Gasteiger partial charge on any atom is 0.0131 e. The van der Waals surface area contributed by atoms with Gasteiger partial charge in [-0.1, -0.05) is 48.1 Å². The van der Waals surface area contributed by atoms with Crippen molar-refractivity contribution < 1.29 is 0 Å². The van der Waals surface area contributed by atoms with Gasteiger partial charge in [0.1, 0.15) is 0 Å². The summed E-state index contributed by atoms with van der Waals surface area (Å²) in [4.78, 5) is 0. The SMILES string of the molecule is Cc1ccc2c(c1)C=CC=C[CH]2. The van der Waals surface area contributed by atoms with Gasteiger partial charge in [-0.15, -0.1) is 0 Å². The number of allylic oxidation sites excluding steroid dienone is 3. The fraction of sp³-hybridized carbons (Fsp3) is 0.0833. The summed E-state index contributed by atoms with van der Waals surface area (Å²) in [7, 11) is 0. The lowest BCUT2D eigenvalue weighted by Gasteiger charge is -2.02. The molecule has 0 heteroatoms. The van der Waals surface area contributed by atoms with E-state index in [2.05, 4.69) is 55.8 Å². The summed E-state index contributed by atoms with van der Waals surface area (Å²) in [6.45, 7) is 2.12. The van der Waals surface area contributed by atoms with Crippen molar-refractivity contribution in [3.05, 3.63) is 59.5 Å². The largest absolute Gasteiger partial charge is 0.0761 e. The fourth-order valence-corrected chi connectivity index (χ4v) is 1.37. The van der Waals surface area contributed by atoms with E-state index in [9.17, 15) is 0 Å². The number of hydrogen-bond donors (Lipinski definition) is 0. The third-order valence-corrected chi connectivity index (χ3v) is 2.02. The first kappa shape index (κ1) is 7.35. The van der Waals surface area contributed by atoms with Crippen LogP contribution >= 0.6 is 0 Å². The number of fused-ring (bicyclic) bond motifs is 1. The molecule has 0 heterocycles. The molecule has 2 rings (SSSR count). The minimum Gasteiger partial charge on any atom is -0.0761 e. The molecule has 0 spiro atoms. The van der Waals surface area contributed by atoms with Crippen LogP contribution < -0.4 is 0 Å². The van der Waals surface area contributed by atoms with Gasteiger partial charge in [-0.05, 0) is 18.1 Å². The molecule has 0 atom stereocenters. The number of benzene rings is 1. The first-order valence-corrected chi connectivity index (χ1v) is 4.15. The van der Waals surface area contributed by atoms with Crippen LogP contribution in [-0.2, 0) is 0 Å². The van der Waals surface area contributed by atoms with Crippen molar-refractivity contribution in [1.82, 2.24) is 0 Å². The molecule has 0 amide bonds. The van der Waals surface area contributed by atoms with Crippen LogP contribution in [0.15, 0.2) is 36.4 Å². The highest BCUT2D eigenvalue weighted by Gasteiger charge is 1.99. The predicted molar refractivity (Wildman–Crippen MR) is 52.8 cm³/mol. The molecule has 0 bridgehead atoms. The Kier molecular flexibility index (Phi) is 1.83. The van der Waals surface area contributed by atoms with Gasteiger partial charge in [-0.2, -0.15) is 0 Å². The van der Waals surface area contributed by atoms with E-state index in [0.717, 1.165) is 0 Å². The summed E-state index contributed by atoms with van der Waals surface area (Å²) in [6.07, 6.45) is 10.5. The second-order valence-corrected chi connectivity index (χ2v) is 3.04. The molecule has 0 N–H and O–H groups in total. The highest BCUT2D eigenvalue weighted by Crippen LogP contribution is 2.17. The van der Waals surface area contributed by atoms with Crippen molar-refractivity contribution in [2.45, 2.75) is 6.92 Å². The van der Waals surface area contributed by atoms with E-state index in [1.54, 1.807) is 0 Å². The van der Waals surface area contributed by atoms with Gasteiger partial charge in [-0.25, -0.2) is 0 Å². The molecule has 0 fully saturated rings. The van der Waals surface area contributed by atoms with Crippen LogP contribution in [0.1, 0.15) is 16.7 Å². The van der Waals surface area contributed by atoms with Crippen LogP contribution in [-0.4, -0.2) is 0 Å². The minimum absolute atomic E-state index is 1.30. The Bertz CT molecular complexity index is 343. The van der Waals surface area contributed by atoms with E-state index < -0.39 is 0 Å². The standard InChI is InChI=1S/C12H11/c1-10-7-8-11-5-3-2-4-6-12(11)9-10/h2-9H,1H3. The van der Waals surface area contributed by atoms with Gasteiger partial charge in [0.25, 0.3) is 0 Å². The molecule has 0 nitrogen and oxygen atoms in total. The summed E-state index contributed by atoms with van der Waals surface area (Å²) in [5, 5.41) is 0. The van der Waals surface area contributed by atoms with E-state index in [0.29, 0.717) is 0 Å². The predicted octanol–water partition coefficient (Wildman–Crippen LogP) is 3.13. The van der Waals surface area contributed by atoms with Gasteiger partial charge in [0.05, 0.1) is 0 Å². The Morgan fingerprint density at radius 1 is 0.917 bits per heavy atom. The normalized spacial score (nSPS) is 14.1. The zero-order chi connectivity index (χ0) is 8.39. The molecule has 1 aromatic rings. The summed E-state index contributed by atoms with van der Waals surface area (Å²) in [6, 6.07) is 6.50. The molecule has 0 aromatic heterocycles. The molecule has 0 saturated heterocycles. The summed E-state index contributed by atoms with van der Waals surface area (Å²) in [5.41, 5.74) is 3.92. The molecule has 1 aromatic carbocycles. The lowest BCUT2D eigenvalue weighted by molar-refractivity contribution is 1.41. The van der Waals surface area contributed by atoms with E-state index >= 15 is 0 Å². The molecule has 1 radical (unpaired) electrons. The molecular weight excluding hydrogens is 144 g/mol. The third-order valence-electron chi connectivity index (χ3n) is 2.02. The number of hydrogen-bond acceptors (Lipinski definition) is 0. The fourth-order valence-electron chi connectivity index (χ4n) is 1.37. The number of aryl methyl sites for hydroxylation is 1. The topological polar surface area (TPSA) is 0 Å². The molecular formula is C12H11. The van der Waals surface area contributed by atoms with Crippen molar-refractivity contribution in [2.75, 3.05) is 0 Å². The molecule has 0 saturated carbocycles. The highest BCUT2D eigenvalue weighted by atomic mass is 14.0. The van der Waals surface area contributed by atoms with E-state index in [-0.39, 0.29) is 0 Å². The van der Waals surface area contributed by atoms with E-state index in [4.69, 9.17) is 0 Å². The van der Waals surface area contributed by atoms with Gasteiger partial charge in [0, 0.05) is 6.42 Å². The van der Waals surface area contributed by atoms with Gasteiger partial charge in [0.15, 0.2) is 0 Å². The van der Waals surface area contributed by atoms with Crippen molar-refractivity contribution in [3.63, 3.8) is 0 Å². The van der Waals surface area contributed by atoms with Crippen molar-refractivity contribution in [2.24, 2.45) is 0 Å². The monoisotopic (exact) mass is 155 g/mol. The smallest absolute Gasteiger partial charge is 0.0131 e. The van der Waals surface area contributed by atoms with Gasteiger partial charge in [0.2, 0.25) is 0 Å². The molecule has 1 aliphatic rings. The Morgan fingerprint density at radius 2 is 1.83 bits per heavy atom. The van der Waals surface area contributed by atoms with Gasteiger partial charge < -0.3 is 0 Å². The zero-order valence-electron chi connectivity index (χ0n) is 7.12. The Hall–Kier alpha value is -1.30. The number of rotatable bonds is 0. The first-order valence-electron chi connectivity index (χ1n) is 4.15. The molecule has 0 aliphatic heterocycles. The van der Waals surface area contributed by atoms with Crippen molar-refractivity contribution in [3.8, 4) is 0 Å². The molecule has 12 heavy (non-hydrogen) atoms. The molecule has 1 aliphatic carbocycles. The summed E-state index contributed by atoms with van der Waals surface area (Å²) in [5.74, 6) is 0. The van der Waals surface area contributed by atoms with Crippen LogP contribution in [0.3, 0.4) is 0 Å². The van der Waals surface area contributed by atoms with Crippen LogP contribution in [0.25, 0.3) is 6.08 Å². The van der Waals surface area contributed by atoms with Gasteiger partial charge >= 0.3 is 0 Å². The maximum atomic E-state index is 2.20. The van der Waals surface area contributed by atoms with Crippen molar-refractivity contribution in [1.29, 1.82) is 0 Å². The second-order valence-electron chi connectivity index (χ2n) is 3.04. The van der Waals surface area contributed by atoms with E-state index in [1.165, 1.54) is 16.7 Å². The first-order chi connectivity index (χ1) is 5.86. The third kappa shape index (κ3) is 1.33. The minimum atomic E-state index is 1.30. The Labute approximate surface area is 73.2 Å². The lowest BCUT2D eigenvalue weighted by Crippen LogP contribution is -1.84. The quantitative estimate of drug-likeness (QED) is 0.540. The average molecular weight is 155 g/mol. The average Bonchev–Trinajstić information content (AvgIpc) is 2.28. The maximum absolute atomic E-state index is 2.20. The van der Waals surface area contributed by atoms with Crippen LogP contribution in [0.5, 0.6) is 0 Å². The van der Waals surface area contributed by atoms with Crippen LogP contribution in [0.2, 0.25) is 0 Å².